The Labute approximate surface area is 188 Å². The Morgan fingerprint density at radius 1 is 1.16 bits per heavy atom. The third-order valence-electron chi connectivity index (χ3n) is 4.47. The molecular weight excluding hydrogens is 434 g/mol. The Hall–Kier alpha value is -3.72. The van der Waals surface area contributed by atoms with Crippen molar-refractivity contribution in [3.63, 3.8) is 0 Å². The minimum Gasteiger partial charge on any atom is -0.493 e. The zero-order valence-electron chi connectivity index (χ0n) is 17.7. The van der Waals surface area contributed by atoms with E-state index in [0.29, 0.717) is 29.6 Å². The molecule has 0 aliphatic carbocycles. The second-order valence-corrected chi connectivity index (χ2v) is 7.26. The number of aromatic nitrogens is 5. The van der Waals surface area contributed by atoms with Gasteiger partial charge in [0.15, 0.2) is 18.1 Å². The molecule has 9 nitrogen and oxygen atoms in total. The molecule has 0 N–H and O–H groups in total. The van der Waals surface area contributed by atoms with Gasteiger partial charge in [-0.05, 0) is 51.1 Å². The van der Waals surface area contributed by atoms with Crippen molar-refractivity contribution in [2.75, 3.05) is 6.61 Å². The van der Waals surface area contributed by atoms with Crippen LogP contribution in [0.4, 0.5) is 0 Å². The van der Waals surface area contributed by atoms with Gasteiger partial charge in [-0.3, -0.25) is 0 Å². The highest BCUT2D eigenvalue weighted by Gasteiger charge is 2.19. The van der Waals surface area contributed by atoms with Crippen molar-refractivity contribution in [2.45, 2.75) is 27.4 Å². The maximum atomic E-state index is 12.6. The summed E-state index contributed by atoms with van der Waals surface area (Å²) in [7, 11) is 0. The predicted molar refractivity (Wildman–Crippen MR) is 116 cm³/mol. The summed E-state index contributed by atoms with van der Waals surface area (Å²) >= 11 is 6.18. The molecule has 3 aromatic heterocycles. The van der Waals surface area contributed by atoms with Crippen molar-refractivity contribution in [1.82, 2.24) is 24.9 Å². The summed E-state index contributed by atoms with van der Waals surface area (Å²) < 4.78 is 17.7. The normalized spacial score (nSPS) is 10.9. The summed E-state index contributed by atoms with van der Waals surface area (Å²) in [4.78, 5) is 21.2. The van der Waals surface area contributed by atoms with E-state index < -0.39 is 5.97 Å². The van der Waals surface area contributed by atoms with Gasteiger partial charge < -0.3 is 14.0 Å². The number of hydrogen-bond donors (Lipinski definition) is 0. The van der Waals surface area contributed by atoms with Crippen LogP contribution in [-0.4, -0.2) is 37.5 Å². The van der Waals surface area contributed by atoms with E-state index in [-0.39, 0.29) is 23.2 Å². The second kappa shape index (κ2) is 9.19. The average Bonchev–Trinajstić information content (AvgIpc) is 3.39. The van der Waals surface area contributed by atoms with Crippen LogP contribution in [0.3, 0.4) is 0 Å². The first-order valence-corrected chi connectivity index (χ1v) is 10.3. The highest BCUT2D eigenvalue weighted by atomic mass is 35.5. The molecule has 0 aliphatic heterocycles. The Balaban J connectivity index is 1.49. The molecule has 0 radical (unpaired) electrons. The van der Waals surface area contributed by atoms with Gasteiger partial charge in [0, 0.05) is 5.69 Å². The molecule has 0 aliphatic rings. The number of pyridine rings is 1. The van der Waals surface area contributed by atoms with Gasteiger partial charge in [0.1, 0.15) is 5.75 Å². The number of ether oxygens (including phenoxy) is 2. The van der Waals surface area contributed by atoms with Crippen molar-refractivity contribution in [3.8, 4) is 23.0 Å². The molecule has 1 aromatic carbocycles. The van der Waals surface area contributed by atoms with E-state index in [1.54, 1.807) is 16.8 Å². The van der Waals surface area contributed by atoms with Crippen LogP contribution < -0.4 is 4.74 Å². The quantitative estimate of drug-likeness (QED) is 0.380. The van der Waals surface area contributed by atoms with Crippen LogP contribution in [0.25, 0.3) is 17.2 Å². The number of esters is 1. The smallest absolute Gasteiger partial charge is 0.359 e. The largest absolute Gasteiger partial charge is 0.493 e. The molecule has 0 amide bonds. The number of rotatable bonds is 7. The van der Waals surface area contributed by atoms with E-state index in [1.165, 1.54) is 0 Å². The van der Waals surface area contributed by atoms with Crippen LogP contribution >= 0.6 is 11.6 Å². The van der Waals surface area contributed by atoms with E-state index >= 15 is 0 Å². The van der Waals surface area contributed by atoms with Crippen molar-refractivity contribution in [2.24, 2.45) is 0 Å². The molecule has 0 atom stereocenters. The number of carbonyl (C=O) groups is 1. The molecule has 4 rings (SSSR count). The first-order valence-electron chi connectivity index (χ1n) is 9.88. The van der Waals surface area contributed by atoms with Crippen molar-refractivity contribution >= 4 is 17.6 Å². The van der Waals surface area contributed by atoms with Gasteiger partial charge in [-0.25, -0.2) is 14.5 Å². The highest BCUT2D eigenvalue weighted by molar-refractivity contribution is 6.33. The van der Waals surface area contributed by atoms with Crippen LogP contribution in [0.15, 0.2) is 47.0 Å². The maximum absolute atomic E-state index is 12.6. The standard InChI is InChI=1S/C22H20ClN5O4/c1-4-30-17-8-6-5-7-15(17)21-25-19(32-27-21)12-31-22(29)20-16(23)9-10-18(24-20)28-14(3)11-13(2)26-28/h5-11H,4,12H2,1-3H3. The van der Waals surface area contributed by atoms with Crippen molar-refractivity contribution in [1.29, 1.82) is 0 Å². The van der Waals surface area contributed by atoms with Crippen LogP contribution in [0.2, 0.25) is 5.02 Å². The van der Waals surface area contributed by atoms with Crippen LogP contribution in [-0.2, 0) is 11.3 Å². The molecule has 0 fully saturated rings. The van der Waals surface area contributed by atoms with E-state index in [4.69, 9.17) is 25.6 Å². The zero-order valence-corrected chi connectivity index (χ0v) is 18.5. The monoisotopic (exact) mass is 453 g/mol. The second-order valence-electron chi connectivity index (χ2n) is 6.86. The van der Waals surface area contributed by atoms with Gasteiger partial charge in [0.05, 0.1) is 22.9 Å². The fourth-order valence-electron chi connectivity index (χ4n) is 3.11. The fraction of sp³-hybridized carbons (Fsp3) is 0.227. The Kier molecular flexibility index (Phi) is 6.18. The number of hydrogen-bond acceptors (Lipinski definition) is 8. The van der Waals surface area contributed by atoms with E-state index in [9.17, 15) is 4.79 Å². The van der Waals surface area contributed by atoms with Crippen LogP contribution in [0, 0.1) is 13.8 Å². The first-order chi connectivity index (χ1) is 15.5. The summed E-state index contributed by atoms with van der Waals surface area (Å²) in [6, 6.07) is 12.5. The lowest BCUT2D eigenvalue weighted by atomic mass is 10.2. The van der Waals surface area contributed by atoms with Gasteiger partial charge in [0.25, 0.3) is 5.89 Å². The zero-order chi connectivity index (χ0) is 22.7. The third kappa shape index (κ3) is 4.47. The van der Waals surface area contributed by atoms with Gasteiger partial charge in [0.2, 0.25) is 5.82 Å². The lowest BCUT2D eigenvalue weighted by Gasteiger charge is -2.07. The van der Waals surface area contributed by atoms with E-state index in [2.05, 4.69) is 20.2 Å². The van der Waals surface area contributed by atoms with E-state index in [1.807, 2.05) is 51.1 Å². The molecule has 0 saturated heterocycles. The summed E-state index contributed by atoms with van der Waals surface area (Å²) in [5, 5.41) is 8.49. The number of benzene rings is 1. The predicted octanol–water partition coefficient (Wildman–Crippen LogP) is 4.34. The van der Waals surface area contributed by atoms with Crippen LogP contribution in [0.1, 0.15) is 34.7 Å². The summed E-state index contributed by atoms with van der Waals surface area (Å²) in [6.07, 6.45) is 0. The van der Waals surface area contributed by atoms with Gasteiger partial charge in [-0.15, -0.1) is 0 Å². The molecule has 10 heteroatoms. The van der Waals surface area contributed by atoms with Gasteiger partial charge in [-0.1, -0.05) is 28.9 Å². The molecule has 0 bridgehead atoms. The Morgan fingerprint density at radius 2 is 1.97 bits per heavy atom. The molecule has 3 heterocycles. The molecule has 164 valence electrons. The fourth-order valence-corrected chi connectivity index (χ4v) is 3.29. The van der Waals surface area contributed by atoms with Crippen molar-refractivity contribution < 1.29 is 18.8 Å². The summed E-state index contributed by atoms with van der Waals surface area (Å²) in [5.74, 6) is 0.844. The lowest BCUT2D eigenvalue weighted by molar-refractivity contribution is 0.0423. The molecule has 0 saturated carbocycles. The molecular formula is C22H20ClN5O4. The third-order valence-corrected chi connectivity index (χ3v) is 4.78. The number of carbonyl (C=O) groups excluding carboxylic acids is 1. The number of nitrogens with zero attached hydrogens (tertiary/aromatic N) is 5. The molecule has 32 heavy (non-hydrogen) atoms. The van der Waals surface area contributed by atoms with Crippen LogP contribution in [0.5, 0.6) is 5.75 Å². The number of para-hydroxylation sites is 1. The number of halogens is 1. The Morgan fingerprint density at radius 3 is 2.72 bits per heavy atom. The molecule has 0 unspecified atom stereocenters. The Bertz CT molecular complexity index is 1270. The molecule has 4 aromatic rings. The minimum absolute atomic E-state index is 0.0295. The highest BCUT2D eigenvalue weighted by Crippen LogP contribution is 2.27. The minimum atomic E-state index is -0.715. The van der Waals surface area contributed by atoms with Gasteiger partial charge >= 0.3 is 5.97 Å². The van der Waals surface area contributed by atoms with E-state index in [0.717, 1.165) is 11.4 Å². The average molecular weight is 454 g/mol. The topological polar surface area (TPSA) is 105 Å². The lowest BCUT2D eigenvalue weighted by Crippen LogP contribution is -2.11. The molecule has 0 spiro atoms. The summed E-state index contributed by atoms with van der Waals surface area (Å²) in [5.41, 5.74) is 2.36. The summed E-state index contributed by atoms with van der Waals surface area (Å²) in [6.45, 7) is 5.93. The van der Waals surface area contributed by atoms with Crippen molar-refractivity contribution in [3.05, 3.63) is 70.5 Å². The SMILES string of the molecule is CCOc1ccccc1-c1noc(COC(=O)c2nc(-n3nc(C)cc3C)ccc2Cl)n1. The number of aryl methyl sites for hydroxylation is 2. The maximum Gasteiger partial charge on any atom is 0.359 e. The first kappa shape index (κ1) is 21.5. The van der Waals surface area contributed by atoms with Gasteiger partial charge in [-0.2, -0.15) is 10.1 Å².